The smallest absolute Gasteiger partial charge is 0.220 e. The zero-order valence-corrected chi connectivity index (χ0v) is 31.6. The van der Waals surface area contributed by atoms with Gasteiger partial charge in [-0.25, -0.2) is 0 Å². The van der Waals surface area contributed by atoms with Crippen LogP contribution in [0.4, 0.5) is 0 Å². The Morgan fingerprint density at radius 1 is 0.435 bits per heavy atom. The molecule has 0 radical (unpaired) electrons. The first kappa shape index (κ1) is 45.4. The van der Waals surface area contributed by atoms with Crippen LogP contribution in [0.5, 0.6) is 0 Å². The SMILES string of the molecule is CCCCCCCCCCCCCCCCCCCCCCCCCCCCCCCCC(=O)NC(CO)C(O)CCCCCC. The van der Waals surface area contributed by atoms with E-state index >= 15 is 0 Å². The van der Waals surface area contributed by atoms with Crippen LogP contribution >= 0.6 is 0 Å². The van der Waals surface area contributed by atoms with Gasteiger partial charge in [0.15, 0.2) is 0 Å². The molecule has 3 N–H and O–H groups in total. The second kappa shape index (κ2) is 38.8. The van der Waals surface area contributed by atoms with Crippen molar-refractivity contribution in [3.63, 3.8) is 0 Å². The molecule has 0 aliphatic rings. The fraction of sp³-hybridized carbons (Fsp3) is 0.976. The van der Waals surface area contributed by atoms with E-state index in [2.05, 4.69) is 19.2 Å². The molecular weight excluding hydrogens is 566 g/mol. The molecule has 0 aliphatic heterocycles. The second-order valence-electron chi connectivity index (χ2n) is 14.8. The number of hydrogen-bond donors (Lipinski definition) is 3. The van der Waals surface area contributed by atoms with Gasteiger partial charge in [-0.1, -0.05) is 226 Å². The minimum Gasteiger partial charge on any atom is -0.394 e. The topological polar surface area (TPSA) is 69.6 Å². The van der Waals surface area contributed by atoms with Crippen LogP contribution in [0.3, 0.4) is 0 Å². The Balaban J connectivity index is 3.26. The van der Waals surface area contributed by atoms with Gasteiger partial charge in [0, 0.05) is 6.42 Å². The average molecular weight is 652 g/mol. The van der Waals surface area contributed by atoms with Crippen LogP contribution in [0.15, 0.2) is 0 Å². The lowest BCUT2D eigenvalue weighted by Gasteiger charge is -2.22. The molecule has 0 fully saturated rings. The lowest BCUT2D eigenvalue weighted by Crippen LogP contribution is -2.45. The molecule has 2 unspecified atom stereocenters. The summed E-state index contributed by atoms with van der Waals surface area (Å²) in [6.45, 7) is 4.27. The van der Waals surface area contributed by atoms with Crippen molar-refractivity contribution in [3.05, 3.63) is 0 Å². The lowest BCUT2D eigenvalue weighted by atomic mass is 10.0. The summed E-state index contributed by atoms with van der Waals surface area (Å²) in [5.41, 5.74) is 0. The molecule has 0 saturated carbocycles. The standard InChI is InChI=1S/C42H85NO3/c1-3-5-7-9-10-11-12-13-14-15-16-17-18-19-20-21-22-23-24-25-26-27-28-29-30-31-32-33-34-36-38-42(46)43-40(39-44)41(45)37-35-8-6-4-2/h40-41,44-45H,3-39H2,1-2H3,(H,43,46). The number of aliphatic hydroxyl groups is 2. The molecule has 0 aromatic carbocycles. The van der Waals surface area contributed by atoms with Gasteiger partial charge in [0.1, 0.15) is 0 Å². The summed E-state index contributed by atoms with van der Waals surface area (Å²) in [5.74, 6) is -0.0353. The molecule has 46 heavy (non-hydrogen) atoms. The monoisotopic (exact) mass is 652 g/mol. The van der Waals surface area contributed by atoms with E-state index < -0.39 is 12.1 Å². The van der Waals surface area contributed by atoms with Gasteiger partial charge in [-0.05, 0) is 12.8 Å². The Hall–Kier alpha value is -0.610. The van der Waals surface area contributed by atoms with Crippen LogP contribution in [0.25, 0.3) is 0 Å². The van der Waals surface area contributed by atoms with Crippen LogP contribution in [0.2, 0.25) is 0 Å². The third kappa shape index (κ3) is 34.7. The first-order chi connectivity index (χ1) is 22.7. The number of unbranched alkanes of at least 4 members (excludes halogenated alkanes) is 32. The van der Waals surface area contributed by atoms with E-state index in [1.807, 2.05) is 0 Å². The van der Waals surface area contributed by atoms with E-state index in [9.17, 15) is 15.0 Å². The summed E-state index contributed by atoms with van der Waals surface area (Å²) in [5, 5.41) is 22.7. The predicted molar refractivity (Wildman–Crippen MR) is 203 cm³/mol. The van der Waals surface area contributed by atoms with Crippen LogP contribution in [0, 0.1) is 0 Å². The summed E-state index contributed by atoms with van der Waals surface area (Å²) >= 11 is 0. The fourth-order valence-corrected chi connectivity index (χ4v) is 6.83. The van der Waals surface area contributed by atoms with Gasteiger partial charge in [-0.3, -0.25) is 4.79 Å². The first-order valence-electron chi connectivity index (χ1n) is 21.2. The largest absolute Gasteiger partial charge is 0.394 e. The molecule has 0 spiro atoms. The molecule has 0 aromatic rings. The quantitative estimate of drug-likeness (QED) is 0.0579. The highest BCUT2D eigenvalue weighted by molar-refractivity contribution is 5.76. The summed E-state index contributed by atoms with van der Waals surface area (Å²) in [7, 11) is 0. The third-order valence-corrected chi connectivity index (χ3v) is 10.1. The Kier molecular flexibility index (Phi) is 38.3. The van der Waals surface area contributed by atoms with E-state index in [1.165, 1.54) is 186 Å². The highest BCUT2D eigenvalue weighted by Gasteiger charge is 2.19. The minimum atomic E-state index is -0.649. The highest BCUT2D eigenvalue weighted by atomic mass is 16.3. The van der Waals surface area contributed by atoms with Crippen molar-refractivity contribution >= 4 is 5.91 Å². The van der Waals surface area contributed by atoms with E-state index in [-0.39, 0.29) is 12.5 Å². The summed E-state index contributed by atoms with van der Waals surface area (Å²) in [4.78, 5) is 12.2. The van der Waals surface area contributed by atoms with Gasteiger partial charge < -0.3 is 15.5 Å². The minimum absolute atomic E-state index is 0.0353. The molecule has 1 amide bonds. The van der Waals surface area contributed by atoms with Crippen molar-refractivity contribution in [3.8, 4) is 0 Å². The summed E-state index contributed by atoms with van der Waals surface area (Å²) in [6.07, 6.45) is 46.7. The van der Waals surface area contributed by atoms with Gasteiger partial charge in [0.25, 0.3) is 0 Å². The van der Waals surface area contributed by atoms with E-state index in [4.69, 9.17) is 0 Å². The highest BCUT2D eigenvalue weighted by Crippen LogP contribution is 2.17. The van der Waals surface area contributed by atoms with Gasteiger partial charge in [0.05, 0.1) is 18.8 Å². The molecule has 0 bridgehead atoms. The Labute approximate surface area is 289 Å². The molecule has 0 saturated heterocycles. The number of nitrogens with one attached hydrogen (secondary N) is 1. The lowest BCUT2D eigenvalue weighted by molar-refractivity contribution is -0.123. The van der Waals surface area contributed by atoms with Crippen molar-refractivity contribution < 1.29 is 15.0 Å². The number of aliphatic hydroxyl groups excluding tert-OH is 2. The number of rotatable bonds is 39. The molecule has 0 aliphatic carbocycles. The Morgan fingerprint density at radius 2 is 0.696 bits per heavy atom. The maximum atomic E-state index is 12.2. The summed E-state index contributed by atoms with van der Waals surface area (Å²) in [6, 6.07) is -0.525. The third-order valence-electron chi connectivity index (χ3n) is 10.1. The molecule has 2 atom stereocenters. The normalized spacial score (nSPS) is 12.9. The summed E-state index contributed by atoms with van der Waals surface area (Å²) < 4.78 is 0. The molecule has 4 heteroatoms. The molecule has 4 nitrogen and oxygen atoms in total. The van der Waals surface area contributed by atoms with Gasteiger partial charge >= 0.3 is 0 Å². The number of carbonyl (C=O) groups is 1. The van der Waals surface area contributed by atoms with Gasteiger partial charge in [0.2, 0.25) is 5.91 Å². The predicted octanol–water partition coefficient (Wildman–Crippen LogP) is 12.9. The zero-order chi connectivity index (χ0) is 33.6. The zero-order valence-electron chi connectivity index (χ0n) is 31.6. The van der Waals surface area contributed by atoms with Crippen molar-refractivity contribution in [1.29, 1.82) is 0 Å². The van der Waals surface area contributed by atoms with E-state index in [0.717, 1.165) is 32.1 Å². The van der Waals surface area contributed by atoms with Crippen molar-refractivity contribution in [2.45, 2.75) is 257 Å². The average Bonchev–Trinajstić information content (AvgIpc) is 3.06. The van der Waals surface area contributed by atoms with E-state index in [0.29, 0.717) is 12.8 Å². The van der Waals surface area contributed by atoms with E-state index in [1.54, 1.807) is 0 Å². The van der Waals surface area contributed by atoms with Crippen LogP contribution in [-0.4, -0.2) is 34.9 Å². The number of amides is 1. The number of carbonyl (C=O) groups excluding carboxylic acids is 1. The Morgan fingerprint density at radius 3 is 0.978 bits per heavy atom. The maximum absolute atomic E-state index is 12.2. The van der Waals surface area contributed by atoms with Crippen molar-refractivity contribution in [2.24, 2.45) is 0 Å². The van der Waals surface area contributed by atoms with Crippen LogP contribution in [-0.2, 0) is 4.79 Å². The van der Waals surface area contributed by atoms with Crippen molar-refractivity contribution in [1.82, 2.24) is 5.32 Å². The molecule has 0 rings (SSSR count). The first-order valence-corrected chi connectivity index (χ1v) is 21.2. The fourth-order valence-electron chi connectivity index (χ4n) is 6.83. The van der Waals surface area contributed by atoms with Gasteiger partial charge in [-0.2, -0.15) is 0 Å². The van der Waals surface area contributed by atoms with Gasteiger partial charge in [-0.15, -0.1) is 0 Å². The molecular formula is C42H85NO3. The van der Waals surface area contributed by atoms with Crippen molar-refractivity contribution in [2.75, 3.05) is 6.61 Å². The van der Waals surface area contributed by atoms with Crippen LogP contribution in [0.1, 0.15) is 245 Å². The molecule has 0 heterocycles. The maximum Gasteiger partial charge on any atom is 0.220 e. The molecule has 0 aromatic heterocycles. The number of hydrogen-bond acceptors (Lipinski definition) is 3. The molecule has 276 valence electrons. The Bertz CT molecular complexity index is 583. The second-order valence-corrected chi connectivity index (χ2v) is 14.8. The van der Waals surface area contributed by atoms with Crippen LogP contribution < -0.4 is 5.32 Å².